The first kappa shape index (κ1) is 11.0. The Hall–Kier alpha value is -0.0500. The largest absolute Gasteiger partial charge is 0.298 e. The predicted octanol–water partition coefficient (Wildman–Crippen LogP) is 3.45. The average molecular weight is 282 g/mol. The van der Waals surface area contributed by atoms with E-state index in [1.807, 2.05) is 12.1 Å². The molecule has 0 aliphatic rings. The van der Waals surface area contributed by atoms with Crippen molar-refractivity contribution in [3.8, 4) is 0 Å². The third-order valence-corrected chi connectivity index (χ3v) is 2.69. The van der Waals surface area contributed by atoms with Crippen molar-refractivity contribution in [2.24, 2.45) is 0 Å². The molecule has 0 atom stereocenters. The van der Waals surface area contributed by atoms with E-state index in [4.69, 9.17) is 23.2 Å². The monoisotopic (exact) mass is 280 g/mol. The Kier molecular flexibility index (Phi) is 4.23. The Labute approximate surface area is 95.2 Å². The van der Waals surface area contributed by atoms with Crippen LogP contribution >= 0.6 is 39.1 Å². The molecule has 0 radical (unpaired) electrons. The van der Waals surface area contributed by atoms with Crippen molar-refractivity contribution >= 4 is 44.9 Å². The van der Waals surface area contributed by atoms with Crippen molar-refractivity contribution in [1.82, 2.24) is 0 Å². The van der Waals surface area contributed by atoms with Gasteiger partial charge in [0.2, 0.25) is 0 Å². The quantitative estimate of drug-likeness (QED) is 0.776. The summed E-state index contributed by atoms with van der Waals surface area (Å²) in [5, 5.41) is 0.591. The van der Waals surface area contributed by atoms with E-state index in [9.17, 15) is 4.79 Å². The minimum atomic E-state index is -0.0223. The molecule has 4 heteroatoms. The first-order valence-corrected chi connectivity index (χ1v) is 5.35. The molecule has 1 aromatic rings. The lowest BCUT2D eigenvalue weighted by atomic mass is 10.1. The van der Waals surface area contributed by atoms with Crippen LogP contribution in [-0.4, -0.2) is 11.7 Å². The summed E-state index contributed by atoms with van der Waals surface area (Å²) in [7, 11) is 0. The van der Waals surface area contributed by atoms with Crippen molar-refractivity contribution in [3.05, 3.63) is 33.3 Å². The molecule has 0 aliphatic heterocycles. The van der Waals surface area contributed by atoms with E-state index >= 15 is 0 Å². The zero-order valence-corrected chi connectivity index (χ0v) is 9.79. The molecule has 0 amide bonds. The van der Waals surface area contributed by atoms with Crippen molar-refractivity contribution in [1.29, 1.82) is 0 Å². The number of ketones is 1. The van der Waals surface area contributed by atoms with Gasteiger partial charge in [0, 0.05) is 15.9 Å². The maximum Gasteiger partial charge on any atom is 0.152 e. The van der Waals surface area contributed by atoms with Crippen LogP contribution in [0.15, 0.2) is 22.7 Å². The molecule has 0 N–H and O–H groups in total. The van der Waals surface area contributed by atoms with Crippen molar-refractivity contribution in [3.63, 3.8) is 0 Å². The highest BCUT2D eigenvalue weighted by Gasteiger charge is 2.05. The van der Waals surface area contributed by atoms with Crippen LogP contribution in [0.2, 0.25) is 5.02 Å². The summed E-state index contributed by atoms with van der Waals surface area (Å²) in [6.45, 7) is 0. The smallest absolute Gasteiger partial charge is 0.152 e. The van der Waals surface area contributed by atoms with E-state index < -0.39 is 0 Å². The second kappa shape index (κ2) is 4.99. The molecule has 0 saturated carbocycles. The number of alkyl halides is 1. The standard InChI is InChI=1S/C9H7BrCl2O/c10-7-2-1-6(9(12)4-7)3-8(13)5-11/h1-2,4H,3,5H2. The molecule has 0 aromatic heterocycles. The molecular weight excluding hydrogens is 275 g/mol. The van der Waals surface area contributed by atoms with Gasteiger partial charge in [0.1, 0.15) is 0 Å². The van der Waals surface area contributed by atoms with Crippen LogP contribution in [-0.2, 0) is 11.2 Å². The van der Waals surface area contributed by atoms with Crippen LogP contribution in [0.3, 0.4) is 0 Å². The first-order chi connectivity index (χ1) is 6.13. The Bertz CT molecular complexity index is 325. The molecule has 0 aliphatic carbocycles. The van der Waals surface area contributed by atoms with E-state index in [-0.39, 0.29) is 11.7 Å². The normalized spacial score (nSPS) is 10.1. The maximum atomic E-state index is 11.0. The van der Waals surface area contributed by atoms with Gasteiger partial charge in [0.05, 0.1) is 5.88 Å². The number of carbonyl (C=O) groups excluding carboxylic acids is 1. The second-order valence-electron chi connectivity index (χ2n) is 2.58. The minimum Gasteiger partial charge on any atom is -0.298 e. The van der Waals surface area contributed by atoms with Crippen LogP contribution in [0.1, 0.15) is 5.56 Å². The summed E-state index contributed by atoms with van der Waals surface area (Å²) < 4.78 is 0.902. The summed E-state index contributed by atoms with van der Waals surface area (Å²) in [4.78, 5) is 11.0. The lowest BCUT2D eigenvalue weighted by molar-refractivity contribution is -0.116. The van der Waals surface area contributed by atoms with Crippen molar-refractivity contribution < 1.29 is 4.79 Å². The lowest BCUT2D eigenvalue weighted by Gasteiger charge is -2.02. The van der Waals surface area contributed by atoms with Crippen LogP contribution in [0.5, 0.6) is 0 Å². The number of Topliss-reactive ketones (excluding diaryl/α,β-unsaturated/α-hetero) is 1. The fourth-order valence-electron chi connectivity index (χ4n) is 0.925. The van der Waals surface area contributed by atoms with Gasteiger partial charge in [0.15, 0.2) is 5.78 Å². The number of carbonyl (C=O) groups is 1. The van der Waals surface area contributed by atoms with Crippen LogP contribution < -0.4 is 0 Å². The van der Waals surface area contributed by atoms with Gasteiger partial charge in [0.25, 0.3) is 0 Å². The van der Waals surface area contributed by atoms with E-state index in [2.05, 4.69) is 15.9 Å². The molecule has 1 nitrogen and oxygen atoms in total. The van der Waals surface area contributed by atoms with Crippen LogP contribution in [0, 0.1) is 0 Å². The topological polar surface area (TPSA) is 17.1 Å². The molecule has 0 heterocycles. The van der Waals surface area contributed by atoms with Gasteiger partial charge in [-0.1, -0.05) is 33.6 Å². The summed E-state index contributed by atoms with van der Waals surface area (Å²) in [6, 6.07) is 5.43. The Morgan fingerprint density at radius 2 is 2.15 bits per heavy atom. The summed E-state index contributed by atoms with van der Waals surface area (Å²) in [6.07, 6.45) is 0.301. The third-order valence-electron chi connectivity index (χ3n) is 1.55. The number of rotatable bonds is 3. The molecule has 13 heavy (non-hydrogen) atoms. The van der Waals surface area contributed by atoms with Crippen LogP contribution in [0.4, 0.5) is 0 Å². The van der Waals surface area contributed by atoms with Crippen molar-refractivity contribution in [2.75, 3.05) is 5.88 Å². The molecule has 1 aromatic carbocycles. The molecule has 0 spiro atoms. The van der Waals surface area contributed by atoms with E-state index in [1.165, 1.54) is 0 Å². The summed E-state index contributed by atoms with van der Waals surface area (Å²) in [5.41, 5.74) is 0.815. The van der Waals surface area contributed by atoms with Gasteiger partial charge in [-0.3, -0.25) is 4.79 Å². The van der Waals surface area contributed by atoms with Gasteiger partial charge < -0.3 is 0 Å². The zero-order chi connectivity index (χ0) is 9.84. The zero-order valence-electron chi connectivity index (χ0n) is 6.69. The van der Waals surface area contributed by atoms with E-state index in [0.29, 0.717) is 11.4 Å². The second-order valence-corrected chi connectivity index (χ2v) is 4.17. The molecule has 0 unspecified atom stereocenters. The maximum absolute atomic E-state index is 11.0. The third kappa shape index (κ3) is 3.29. The van der Waals surface area contributed by atoms with E-state index in [1.54, 1.807) is 6.07 Å². The minimum absolute atomic E-state index is 0.0223. The molecule has 70 valence electrons. The van der Waals surface area contributed by atoms with Gasteiger partial charge >= 0.3 is 0 Å². The number of halogens is 3. The first-order valence-electron chi connectivity index (χ1n) is 3.65. The SMILES string of the molecule is O=C(CCl)Cc1ccc(Br)cc1Cl. The van der Waals surface area contributed by atoms with Gasteiger partial charge in [-0.05, 0) is 17.7 Å². The average Bonchev–Trinajstić information content (AvgIpc) is 2.09. The summed E-state index contributed by atoms with van der Waals surface area (Å²) in [5.74, 6) is 0.0118. The van der Waals surface area contributed by atoms with Crippen LogP contribution in [0.25, 0.3) is 0 Å². The highest BCUT2D eigenvalue weighted by atomic mass is 79.9. The molecule has 0 saturated heterocycles. The fourth-order valence-corrected chi connectivity index (χ4v) is 1.76. The van der Waals surface area contributed by atoms with Gasteiger partial charge in [-0.15, -0.1) is 11.6 Å². The number of hydrogen-bond donors (Lipinski definition) is 0. The number of hydrogen-bond acceptors (Lipinski definition) is 1. The number of benzene rings is 1. The Morgan fingerprint density at radius 1 is 1.46 bits per heavy atom. The Morgan fingerprint density at radius 3 is 2.69 bits per heavy atom. The molecule has 0 fully saturated rings. The lowest BCUT2D eigenvalue weighted by Crippen LogP contribution is -2.03. The highest BCUT2D eigenvalue weighted by Crippen LogP contribution is 2.21. The van der Waals surface area contributed by atoms with Crippen molar-refractivity contribution in [2.45, 2.75) is 6.42 Å². The van der Waals surface area contributed by atoms with E-state index in [0.717, 1.165) is 10.0 Å². The fraction of sp³-hybridized carbons (Fsp3) is 0.222. The highest BCUT2D eigenvalue weighted by molar-refractivity contribution is 9.10. The Balaban J connectivity index is 2.83. The van der Waals surface area contributed by atoms with Gasteiger partial charge in [-0.2, -0.15) is 0 Å². The molecular formula is C9H7BrCl2O. The molecule has 0 bridgehead atoms. The molecule has 1 rings (SSSR count). The summed E-state index contributed by atoms with van der Waals surface area (Å²) >= 11 is 14.6. The van der Waals surface area contributed by atoms with Gasteiger partial charge in [-0.25, -0.2) is 0 Å². The predicted molar refractivity (Wildman–Crippen MR) is 58.6 cm³/mol.